The van der Waals surface area contributed by atoms with Crippen LogP contribution in [0.2, 0.25) is 0 Å². The Morgan fingerprint density at radius 3 is 1.79 bits per heavy atom. The third kappa shape index (κ3) is 8.26. The molecular formula is C14H24N4O10. The number of nitrogens with one attached hydrogen (secondary N) is 3. The van der Waals surface area contributed by atoms with Crippen LogP contribution in [0.5, 0.6) is 0 Å². The van der Waals surface area contributed by atoms with Crippen LogP contribution in [0, 0.1) is 0 Å². The first-order valence-electron chi connectivity index (χ1n) is 7.95. The molecule has 0 bridgehead atoms. The van der Waals surface area contributed by atoms with Crippen LogP contribution in [0.4, 0.5) is 0 Å². The molecule has 5 atom stereocenters. The van der Waals surface area contributed by atoms with Gasteiger partial charge in [-0.3, -0.25) is 19.2 Å². The van der Waals surface area contributed by atoms with Gasteiger partial charge in [0.25, 0.3) is 0 Å². The standard InChI is InChI=1S/C14H24N4O10/c1-5(21)10(18-11(24)6(15)3-19)13(26)17-8(4-20)12(25)16-7(14(27)28)2-9(22)23/h5-8,10,19-21H,2-4,15H2,1H3,(H,16,25)(H,17,26)(H,18,24)(H,22,23)(H,27,28). The molecule has 0 heterocycles. The van der Waals surface area contributed by atoms with Crippen molar-refractivity contribution in [3.05, 3.63) is 0 Å². The third-order valence-electron chi connectivity index (χ3n) is 3.40. The van der Waals surface area contributed by atoms with Crippen LogP contribution in [-0.2, 0) is 24.0 Å². The van der Waals surface area contributed by atoms with E-state index >= 15 is 0 Å². The number of amides is 3. The minimum absolute atomic E-state index is 0.734. The lowest BCUT2D eigenvalue weighted by atomic mass is 10.1. The molecule has 0 aromatic carbocycles. The minimum Gasteiger partial charge on any atom is -0.481 e. The number of hydrogen-bond donors (Lipinski definition) is 9. The number of carbonyl (C=O) groups excluding carboxylic acids is 3. The Balaban J connectivity index is 5.15. The van der Waals surface area contributed by atoms with Gasteiger partial charge in [-0.15, -0.1) is 0 Å². The molecule has 0 fully saturated rings. The molecule has 160 valence electrons. The van der Waals surface area contributed by atoms with E-state index in [4.69, 9.17) is 21.1 Å². The molecule has 28 heavy (non-hydrogen) atoms. The van der Waals surface area contributed by atoms with Crippen LogP contribution in [0.25, 0.3) is 0 Å². The fourth-order valence-electron chi connectivity index (χ4n) is 1.85. The fraction of sp³-hybridized carbons (Fsp3) is 0.643. The van der Waals surface area contributed by atoms with Crippen molar-refractivity contribution < 1.29 is 49.5 Å². The van der Waals surface area contributed by atoms with Gasteiger partial charge >= 0.3 is 11.9 Å². The van der Waals surface area contributed by atoms with Gasteiger partial charge in [0.15, 0.2) is 0 Å². The highest BCUT2D eigenvalue weighted by Crippen LogP contribution is 1.99. The molecule has 0 radical (unpaired) electrons. The van der Waals surface area contributed by atoms with Crippen LogP contribution in [0.3, 0.4) is 0 Å². The summed E-state index contributed by atoms with van der Waals surface area (Å²) in [7, 11) is 0. The van der Waals surface area contributed by atoms with E-state index in [1.165, 1.54) is 0 Å². The molecule has 0 rings (SSSR count). The van der Waals surface area contributed by atoms with Gasteiger partial charge in [0, 0.05) is 0 Å². The molecule has 0 aliphatic heterocycles. The number of nitrogens with two attached hydrogens (primary N) is 1. The monoisotopic (exact) mass is 408 g/mol. The molecule has 0 aromatic heterocycles. The fourth-order valence-corrected chi connectivity index (χ4v) is 1.85. The maximum Gasteiger partial charge on any atom is 0.326 e. The van der Waals surface area contributed by atoms with E-state index in [0.717, 1.165) is 6.92 Å². The van der Waals surface area contributed by atoms with Gasteiger partial charge in [-0.25, -0.2) is 4.79 Å². The number of aliphatic hydroxyl groups excluding tert-OH is 3. The lowest BCUT2D eigenvalue weighted by Gasteiger charge is -2.25. The normalized spacial score (nSPS) is 16.0. The number of hydrogen-bond acceptors (Lipinski definition) is 9. The van der Waals surface area contributed by atoms with Crippen molar-refractivity contribution in [3.63, 3.8) is 0 Å². The van der Waals surface area contributed by atoms with Gasteiger partial charge in [-0.1, -0.05) is 0 Å². The highest BCUT2D eigenvalue weighted by atomic mass is 16.4. The van der Waals surface area contributed by atoms with E-state index in [0.29, 0.717) is 0 Å². The Morgan fingerprint density at radius 1 is 0.857 bits per heavy atom. The van der Waals surface area contributed by atoms with Crippen molar-refractivity contribution in [1.29, 1.82) is 0 Å². The third-order valence-corrected chi connectivity index (χ3v) is 3.40. The Morgan fingerprint density at radius 2 is 1.39 bits per heavy atom. The molecule has 0 aliphatic rings. The van der Waals surface area contributed by atoms with Crippen molar-refractivity contribution >= 4 is 29.7 Å². The number of carboxylic acids is 2. The van der Waals surface area contributed by atoms with Crippen LogP contribution < -0.4 is 21.7 Å². The molecule has 14 nitrogen and oxygen atoms in total. The zero-order valence-corrected chi connectivity index (χ0v) is 14.9. The first kappa shape index (κ1) is 25.2. The minimum atomic E-state index is -1.81. The number of rotatable bonds is 12. The molecule has 10 N–H and O–H groups in total. The van der Waals surface area contributed by atoms with Crippen LogP contribution >= 0.6 is 0 Å². The largest absolute Gasteiger partial charge is 0.481 e. The average molecular weight is 408 g/mol. The SMILES string of the molecule is CC(O)C(NC(=O)C(N)CO)C(=O)NC(CO)C(=O)NC(CC(=O)O)C(=O)O. The molecule has 0 saturated heterocycles. The van der Waals surface area contributed by atoms with E-state index < -0.39 is 79.6 Å². The zero-order valence-electron chi connectivity index (χ0n) is 14.9. The lowest BCUT2D eigenvalue weighted by Crippen LogP contribution is -2.60. The number of carbonyl (C=O) groups is 5. The van der Waals surface area contributed by atoms with Crippen molar-refractivity contribution in [1.82, 2.24) is 16.0 Å². The highest BCUT2D eigenvalue weighted by molar-refractivity contribution is 5.94. The summed E-state index contributed by atoms with van der Waals surface area (Å²) in [5.74, 6) is -6.44. The number of aliphatic hydroxyl groups is 3. The summed E-state index contributed by atoms with van der Waals surface area (Å²) in [6, 6.07) is -6.50. The van der Waals surface area contributed by atoms with Gasteiger partial charge in [0.1, 0.15) is 24.2 Å². The Labute approximate surface area is 158 Å². The van der Waals surface area contributed by atoms with Gasteiger partial charge in [0.05, 0.1) is 25.7 Å². The maximum atomic E-state index is 12.2. The molecule has 5 unspecified atom stereocenters. The van der Waals surface area contributed by atoms with Gasteiger partial charge in [-0.05, 0) is 6.92 Å². The lowest BCUT2D eigenvalue weighted by molar-refractivity contribution is -0.147. The summed E-state index contributed by atoms with van der Waals surface area (Å²) in [5, 5.41) is 51.1. The molecule has 0 spiro atoms. The summed E-state index contributed by atoms with van der Waals surface area (Å²) in [6.45, 7) is -0.592. The van der Waals surface area contributed by atoms with Gasteiger partial charge in [0.2, 0.25) is 17.7 Å². The van der Waals surface area contributed by atoms with Crippen LogP contribution in [0.15, 0.2) is 0 Å². The predicted octanol–water partition coefficient (Wildman–Crippen LogP) is -5.31. The Bertz CT molecular complexity index is 597. The average Bonchev–Trinajstić information content (AvgIpc) is 2.61. The maximum absolute atomic E-state index is 12.2. The Hall–Kier alpha value is -2.81. The summed E-state index contributed by atoms with van der Waals surface area (Å²) >= 11 is 0. The zero-order chi connectivity index (χ0) is 22.0. The molecule has 3 amide bonds. The van der Waals surface area contributed by atoms with E-state index in [2.05, 4.69) is 0 Å². The number of aliphatic carboxylic acids is 2. The topological polar surface area (TPSA) is 249 Å². The number of carboxylic acid groups (broad SMARTS) is 2. The summed E-state index contributed by atoms with van der Waals surface area (Å²) in [5.41, 5.74) is 5.28. The van der Waals surface area contributed by atoms with E-state index in [-0.39, 0.29) is 0 Å². The predicted molar refractivity (Wildman–Crippen MR) is 89.5 cm³/mol. The first-order chi connectivity index (χ1) is 12.9. The molecule has 0 saturated carbocycles. The van der Waals surface area contributed by atoms with Crippen LogP contribution in [0.1, 0.15) is 13.3 Å². The summed E-state index contributed by atoms with van der Waals surface area (Å²) in [4.78, 5) is 57.5. The van der Waals surface area contributed by atoms with Crippen molar-refractivity contribution in [2.24, 2.45) is 5.73 Å². The van der Waals surface area contributed by atoms with Crippen molar-refractivity contribution in [3.8, 4) is 0 Å². The van der Waals surface area contributed by atoms with Crippen LogP contribution in [-0.4, -0.2) is 98.7 Å². The second-order valence-electron chi connectivity index (χ2n) is 5.76. The molecule has 0 aromatic rings. The van der Waals surface area contributed by atoms with Crippen molar-refractivity contribution in [2.75, 3.05) is 13.2 Å². The van der Waals surface area contributed by atoms with E-state index in [1.54, 1.807) is 0 Å². The second kappa shape index (κ2) is 11.8. The summed E-state index contributed by atoms with van der Waals surface area (Å²) < 4.78 is 0. The van der Waals surface area contributed by atoms with E-state index in [9.17, 15) is 34.2 Å². The van der Waals surface area contributed by atoms with Gasteiger partial charge < -0.3 is 47.2 Å². The Kier molecular flexibility index (Phi) is 10.6. The second-order valence-corrected chi connectivity index (χ2v) is 5.76. The van der Waals surface area contributed by atoms with Gasteiger partial charge in [-0.2, -0.15) is 0 Å². The highest BCUT2D eigenvalue weighted by Gasteiger charge is 2.32. The summed E-state index contributed by atoms with van der Waals surface area (Å²) in [6.07, 6.45) is -2.41. The molecular weight excluding hydrogens is 384 g/mol. The first-order valence-corrected chi connectivity index (χ1v) is 7.95. The molecule has 14 heteroatoms. The van der Waals surface area contributed by atoms with Crippen molar-refractivity contribution in [2.45, 2.75) is 43.6 Å². The molecule has 0 aliphatic carbocycles. The quantitative estimate of drug-likeness (QED) is 0.147. The smallest absolute Gasteiger partial charge is 0.326 e. The van der Waals surface area contributed by atoms with E-state index in [1.807, 2.05) is 16.0 Å².